The van der Waals surface area contributed by atoms with Crippen molar-refractivity contribution in [1.29, 1.82) is 0 Å². The molecule has 2 aromatic rings. The summed E-state index contributed by atoms with van der Waals surface area (Å²) in [6.07, 6.45) is 3.61. The van der Waals surface area contributed by atoms with Crippen LogP contribution in [-0.2, 0) is 9.53 Å². The molecule has 0 aromatic heterocycles. The van der Waals surface area contributed by atoms with Crippen LogP contribution in [0.15, 0.2) is 60.7 Å². The van der Waals surface area contributed by atoms with Gasteiger partial charge in [0, 0.05) is 5.56 Å². The molecule has 0 aliphatic rings. The van der Waals surface area contributed by atoms with Crippen molar-refractivity contribution in [3.8, 4) is 5.75 Å². The number of carbonyl (C=O) groups excluding carboxylic acids is 2. The highest BCUT2D eigenvalue weighted by Crippen LogP contribution is 2.10. The average Bonchev–Trinajstić information content (AvgIpc) is 2.64. The zero-order valence-electron chi connectivity index (χ0n) is 13.4. The van der Waals surface area contributed by atoms with Gasteiger partial charge in [0.1, 0.15) is 18.9 Å². The van der Waals surface area contributed by atoms with E-state index in [1.807, 2.05) is 36.4 Å². The fourth-order valence-corrected chi connectivity index (χ4v) is 1.94. The summed E-state index contributed by atoms with van der Waals surface area (Å²) >= 11 is 0. The first-order chi connectivity index (χ1) is 11.7. The number of hydrogen-bond acceptors (Lipinski definition) is 4. The van der Waals surface area contributed by atoms with Gasteiger partial charge in [-0.1, -0.05) is 36.4 Å². The minimum absolute atomic E-state index is 0.159. The Kier molecular flexibility index (Phi) is 6.58. The van der Waals surface area contributed by atoms with Crippen LogP contribution in [0.5, 0.6) is 5.75 Å². The molecule has 5 heteroatoms. The molecule has 0 aliphatic carbocycles. The van der Waals surface area contributed by atoms with Crippen LogP contribution in [0, 0.1) is 0 Å². The molecule has 1 N–H and O–H groups in total. The summed E-state index contributed by atoms with van der Waals surface area (Å²) in [6, 6.07) is 16.3. The Morgan fingerprint density at radius 1 is 1.04 bits per heavy atom. The molecule has 0 bridgehead atoms. The largest absolute Gasteiger partial charge is 0.497 e. The highest BCUT2D eigenvalue weighted by Gasteiger charge is 2.08. The second-order valence-electron chi connectivity index (χ2n) is 4.91. The Hall–Kier alpha value is -3.08. The first kappa shape index (κ1) is 17.3. The van der Waals surface area contributed by atoms with E-state index in [-0.39, 0.29) is 19.1 Å². The van der Waals surface area contributed by atoms with Gasteiger partial charge in [0.05, 0.1) is 7.11 Å². The van der Waals surface area contributed by atoms with E-state index in [4.69, 9.17) is 9.47 Å². The summed E-state index contributed by atoms with van der Waals surface area (Å²) < 4.78 is 10.0. The maximum atomic E-state index is 11.9. The van der Waals surface area contributed by atoms with E-state index in [1.165, 1.54) is 0 Å². The number of rotatable bonds is 7. The van der Waals surface area contributed by atoms with Gasteiger partial charge in [-0.25, -0.2) is 0 Å². The van der Waals surface area contributed by atoms with Crippen LogP contribution in [0.1, 0.15) is 15.9 Å². The maximum Gasteiger partial charge on any atom is 0.325 e. The van der Waals surface area contributed by atoms with Crippen molar-refractivity contribution in [1.82, 2.24) is 5.32 Å². The Bertz CT molecular complexity index is 693. The van der Waals surface area contributed by atoms with Gasteiger partial charge in [-0.15, -0.1) is 0 Å². The first-order valence-electron chi connectivity index (χ1n) is 7.48. The second-order valence-corrected chi connectivity index (χ2v) is 4.91. The molecule has 2 rings (SSSR count). The van der Waals surface area contributed by atoms with Gasteiger partial charge in [-0.05, 0) is 35.9 Å². The van der Waals surface area contributed by atoms with Gasteiger partial charge in [0.2, 0.25) is 0 Å². The topological polar surface area (TPSA) is 64.6 Å². The van der Waals surface area contributed by atoms with Crippen LogP contribution >= 0.6 is 0 Å². The smallest absolute Gasteiger partial charge is 0.325 e. The normalized spacial score (nSPS) is 10.4. The van der Waals surface area contributed by atoms with Crippen molar-refractivity contribution in [2.24, 2.45) is 0 Å². The van der Waals surface area contributed by atoms with Crippen LogP contribution in [0.2, 0.25) is 0 Å². The molecule has 0 saturated heterocycles. The van der Waals surface area contributed by atoms with E-state index in [0.29, 0.717) is 11.3 Å². The Labute approximate surface area is 140 Å². The molecule has 1 amide bonds. The standard InChI is InChI=1S/C19H19NO4/c1-23-17-11-9-16(10-12-17)19(22)20-14-18(21)24-13-5-8-15-6-3-2-4-7-15/h2-12H,13-14H2,1H3,(H,20,22)/b8-5+. The third-order valence-corrected chi connectivity index (χ3v) is 3.20. The summed E-state index contributed by atoms with van der Waals surface area (Å²) in [5, 5.41) is 2.52. The van der Waals surface area contributed by atoms with Crippen molar-refractivity contribution in [2.45, 2.75) is 0 Å². The number of ether oxygens (including phenoxy) is 2. The van der Waals surface area contributed by atoms with Crippen LogP contribution in [0.25, 0.3) is 6.08 Å². The van der Waals surface area contributed by atoms with Crippen molar-refractivity contribution in [3.63, 3.8) is 0 Å². The molecule has 0 spiro atoms. The predicted octanol–water partition coefficient (Wildman–Crippen LogP) is 2.68. The van der Waals surface area contributed by atoms with Gasteiger partial charge in [0.25, 0.3) is 5.91 Å². The zero-order valence-corrected chi connectivity index (χ0v) is 13.4. The monoisotopic (exact) mass is 325 g/mol. The van der Waals surface area contributed by atoms with Gasteiger partial charge >= 0.3 is 5.97 Å². The number of carbonyl (C=O) groups is 2. The van der Waals surface area contributed by atoms with Crippen LogP contribution in [0.4, 0.5) is 0 Å². The minimum atomic E-state index is -0.491. The zero-order chi connectivity index (χ0) is 17.2. The lowest BCUT2D eigenvalue weighted by atomic mass is 10.2. The van der Waals surface area contributed by atoms with Crippen LogP contribution < -0.4 is 10.1 Å². The fraction of sp³-hybridized carbons (Fsp3) is 0.158. The number of hydrogen-bond donors (Lipinski definition) is 1. The molecule has 0 atom stereocenters. The van der Waals surface area contributed by atoms with Gasteiger partial charge in [-0.3, -0.25) is 9.59 Å². The molecular formula is C19H19NO4. The highest BCUT2D eigenvalue weighted by molar-refractivity contribution is 5.96. The molecule has 0 saturated carbocycles. The van der Waals surface area contributed by atoms with E-state index < -0.39 is 5.97 Å². The van der Waals surface area contributed by atoms with E-state index >= 15 is 0 Å². The molecule has 124 valence electrons. The van der Waals surface area contributed by atoms with Gasteiger partial charge < -0.3 is 14.8 Å². The molecule has 24 heavy (non-hydrogen) atoms. The van der Waals surface area contributed by atoms with Crippen molar-refractivity contribution in [2.75, 3.05) is 20.3 Å². The average molecular weight is 325 g/mol. The van der Waals surface area contributed by atoms with E-state index in [0.717, 1.165) is 5.56 Å². The number of nitrogens with one attached hydrogen (secondary N) is 1. The molecule has 5 nitrogen and oxygen atoms in total. The highest BCUT2D eigenvalue weighted by atomic mass is 16.5. The molecule has 0 aliphatic heterocycles. The van der Waals surface area contributed by atoms with Crippen LogP contribution in [0.3, 0.4) is 0 Å². The number of esters is 1. The number of benzene rings is 2. The Morgan fingerprint density at radius 3 is 2.42 bits per heavy atom. The Balaban J connectivity index is 1.70. The first-order valence-corrected chi connectivity index (χ1v) is 7.48. The lowest BCUT2D eigenvalue weighted by molar-refractivity contribution is -0.141. The van der Waals surface area contributed by atoms with Gasteiger partial charge in [-0.2, -0.15) is 0 Å². The number of methoxy groups -OCH3 is 1. The van der Waals surface area contributed by atoms with E-state index in [1.54, 1.807) is 37.5 Å². The molecule has 0 fully saturated rings. The maximum absolute atomic E-state index is 11.9. The molecular weight excluding hydrogens is 306 g/mol. The lowest BCUT2D eigenvalue weighted by Crippen LogP contribution is -2.30. The summed E-state index contributed by atoms with van der Waals surface area (Å²) in [5.41, 5.74) is 1.48. The van der Waals surface area contributed by atoms with E-state index in [2.05, 4.69) is 5.32 Å². The number of amides is 1. The SMILES string of the molecule is COc1ccc(C(=O)NCC(=O)OC/C=C/c2ccccc2)cc1. The lowest BCUT2D eigenvalue weighted by Gasteiger charge is -2.06. The molecule has 0 heterocycles. The predicted molar refractivity (Wildman–Crippen MR) is 91.8 cm³/mol. The summed E-state index contributed by atoms with van der Waals surface area (Å²) in [5.74, 6) is -0.167. The third kappa shape index (κ3) is 5.61. The summed E-state index contributed by atoms with van der Waals surface area (Å²) in [7, 11) is 1.55. The van der Waals surface area contributed by atoms with E-state index in [9.17, 15) is 9.59 Å². The molecule has 0 radical (unpaired) electrons. The third-order valence-electron chi connectivity index (χ3n) is 3.20. The van der Waals surface area contributed by atoms with Crippen molar-refractivity contribution in [3.05, 3.63) is 71.8 Å². The Morgan fingerprint density at radius 2 is 1.75 bits per heavy atom. The van der Waals surface area contributed by atoms with Gasteiger partial charge in [0.15, 0.2) is 0 Å². The summed E-state index contributed by atoms with van der Waals surface area (Å²) in [6.45, 7) is -0.0177. The second kappa shape index (κ2) is 9.15. The fourth-order valence-electron chi connectivity index (χ4n) is 1.94. The quantitative estimate of drug-likeness (QED) is 0.795. The summed E-state index contributed by atoms with van der Waals surface area (Å²) in [4.78, 5) is 23.5. The molecule has 2 aromatic carbocycles. The molecule has 0 unspecified atom stereocenters. The van der Waals surface area contributed by atoms with Crippen LogP contribution in [-0.4, -0.2) is 32.1 Å². The van der Waals surface area contributed by atoms with Crippen molar-refractivity contribution < 1.29 is 19.1 Å². The minimum Gasteiger partial charge on any atom is -0.497 e. The van der Waals surface area contributed by atoms with Crippen molar-refractivity contribution >= 4 is 18.0 Å².